The van der Waals surface area contributed by atoms with Crippen molar-refractivity contribution in [1.29, 1.82) is 0 Å². The molecular weight excluding hydrogens is 484 g/mol. The van der Waals surface area contributed by atoms with Gasteiger partial charge in [0.05, 0.1) is 5.69 Å². The number of piperazine rings is 1. The van der Waals surface area contributed by atoms with Gasteiger partial charge in [-0.05, 0) is 45.4 Å². The van der Waals surface area contributed by atoms with Gasteiger partial charge in [0.2, 0.25) is 0 Å². The third kappa shape index (κ3) is 9.95. The van der Waals surface area contributed by atoms with Crippen LogP contribution in [0, 0.1) is 5.82 Å². The van der Waals surface area contributed by atoms with Gasteiger partial charge in [-0.1, -0.05) is 12.1 Å². The number of aliphatic imine (C=N–C) groups is 1. The summed E-state index contributed by atoms with van der Waals surface area (Å²) in [5.41, 5.74) is 0.722. The molecule has 0 unspecified atom stereocenters. The quantitative estimate of drug-likeness (QED) is 0.203. The first kappa shape index (κ1) is 25.9. The SMILES string of the molecule is CCNC(=NCCCOCC)NCCCN1CCN(c2ccccc2F)CC1.I. The molecule has 1 heterocycles. The highest BCUT2D eigenvalue weighted by atomic mass is 127. The summed E-state index contributed by atoms with van der Waals surface area (Å²) in [6.07, 6.45) is 2.00. The Morgan fingerprint density at radius 3 is 2.55 bits per heavy atom. The lowest BCUT2D eigenvalue weighted by Crippen LogP contribution is -2.47. The highest BCUT2D eigenvalue weighted by Crippen LogP contribution is 2.20. The Morgan fingerprint density at radius 2 is 1.86 bits per heavy atom. The fourth-order valence-corrected chi connectivity index (χ4v) is 3.27. The van der Waals surface area contributed by atoms with Crippen molar-refractivity contribution >= 4 is 35.6 Å². The summed E-state index contributed by atoms with van der Waals surface area (Å²) >= 11 is 0. The molecule has 0 bridgehead atoms. The van der Waals surface area contributed by atoms with Gasteiger partial charge in [-0.3, -0.25) is 9.89 Å². The van der Waals surface area contributed by atoms with Crippen LogP contribution in [-0.2, 0) is 4.74 Å². The molecule has 2 N–H and O–H groups in total. The second-order valence-corrected chi connectivity index (χ2v) is 6.87. The maximum Gasteiger partial charge on any atom is 0.191 e. The Bertz CT molecular complexity index is 582. The molecule has 1 aromatic rings. The van der Waals surface area contributed by atoms with Gasteiger partial charge in [-0.15, -0.1) is 24.0 Å². The van der Waals surface area contributed by atoms with E-state index in [0.29, 0.717) is 0 Å². The molecule has 6 nitrogen and oxygen atoms in total. The molecule has 0 spiro atoms. The number of anilines is 1. The van der Waals surface area contributed by atoms with Gasteiger partial charge in [0.15, 0.2) is 5.96 Å². The first-order valence-electron chi connectivity index (χ1n) is 10.6. The van der Waals surface area contributed by atoms with Crippen molar-refractivity contribution in [3.8, 4) is 0 Å². The van der Waals surface area contributed by atoms with Crippen LogP contribution in [0.2, 0.25) is 0 Å². The van der Waals surface area contributed by atoms with Gasteiger partial charge in [0.25, 0.3) is 0 Å². The summed E-state index contributed by atoms with van der Waals surface area (Å²) in [5.74, 6) is 0.750. The zero-order valence-electron chi connectivity index (χ0n) is 17.8. The van der Waals surface area contributed by atoms with Crippen molar-refractivity contribution in [3.63, 3.8) is 0 Å². The number of nitrogens with one attached hydrogen (secondary N) is 2. The molecule has 29 heavy (non-hydrogen) atoms. The van der Waals surface area contributed by atoms with Crippen LogP contribution in [0.3, 0.4) is 0 Å². The summed E-state index contributed by atoms with van der Waals surface area (Å²) < 4.78 is 19.3. The van der Waals surface area contributed by atoms with Crippen LogP contribution >= 0.6 is 24.0 Å². The first-order valence-corrected chi connectivity index (χ1v) is 10.6. The Balaban J connectivity index is 0.00000420. The van der Waals surface area contributed by atoms with E-state index in [1.807, 2.05) is 19.1 Å². The summed E-state index contributed by atoms with van der Waals surface area (Å²) in [4.78, 5) is 9.17. The second kappa shape index (κ2) is 15.7. The summed E-state index contributed by atoms with van der Waals surface area (Å²) in [6.45, 7) is 12.9. The van der Waals surface area contributed by atoms with Crippen molar-refractivity contribution in [3.05, 3.63) is 30.1 Å². The number of nitrogens with zero attached hydrogens (tertiary/aromatic N) is 3. The molecule has 166 valence electrons. The Hall–Kier alpha value is -1.13. The van der Waals surface area contributed by atoms with E-state index in [9.17, 15) is 4.39 Å². The number of ether oxygens (including phenoxy) is 1. The lowest BCUT2D eigenvalue weighted by atomic mass is 10.2. The number of benzene rings is 1. The average Bonchev–Trinajstić information content (AvgIpc) is 2.72. The fraction of sp³-hybridized carbons (Fsp3) is 0.667. The van der Waals surface area contributed by atoms with Crippen LogP contribution in [0.4, 0.5) is 10.1 Å². The standard InChI is InChI=1S/C21H36FN5O.HI/c1-3-23-21(25-12-8-18-28-4-2)24-11-7-13-26-14-16-27(17-15-26)20-10-6-5-9-19(20)22;/h5-6,9-10H,3-4,7-8,11-18H2,1-2H3,(H2,23,24,25);1H. The van der Waals surface area contributed by atoms with E-state index in [-0.39, 0.29) is 29.8 Å². The van der Waals surface area contributed by atoms with E-state index in [0.717, 1.165) is 90.1 Å². The normalized spacial score (nSPS) is 15.1. The molecule has 0 radical (unpaired) electrons. The number of hydrogen-bond donors (Lipinski definition) is 2. The summed E-state index contributed by atoms with van der Waals surface area (Å²) in [7, 11) is 0. The monoisotopic (exact) mass is 521 g/mol. The summed E-state index contributed by atoms with van der Waals surface area (Å²) in [6, 6.07) is 7.04. The first-order chi connectivity index (χ1) is 13.7. The van der Waals surface area contributed by atoms with Crippen LogP contribution in [-0.4, -0.2) is 76.4 Å². The van der Waals surface area contributed by atoms with Crippen LogP contribution < -0.4 is 15.5 Å². The smallest absolute Gasteiger partial charge is 0.191 e. The third-order valence-electron chi connectivity index (χ3n) is 4.77. The highest BCUT2D eigenvalue weighted by molar-refractivity contribution is 14.0. The molecule has 0 aliphatic carbocycles. The Morgan fingerprint density at radius 1 is 1.10 bits per heavy atom. The van der Waals surface area contributed by atoms with Gasteiger partial charge >= 0.3 is 0 Å². The molecule has 1 aliphatic heterocycles. The van der Waals surface area contributed by atoms with Gasteiger partial charge in [-0.25, -0.2) is 4.39 Å². The third-order valence-corrected chi connectivity index (χ3v) is 4.77. The Kier molecular flexibility index (Phi) is 14.0. The minimum absolute atomic E-state index is 0. The number of guanidine groups is 1. The molecule has 8 heteroatoms. The molecule has 0 atom stereocenters. The van der Waals surface area contributed by atoms with Crippen molar-refractivity contribution in [2.24, 2.45) is 4.99 Å². The molecule has 2 rings (SSSR count). The molecule has 0 aromatic heterocycles. The highest BCUT2D eigenvalue weighted by Gasteiger charge is 2.18. The van der Waals surface area contributed by atoms with Crippen LogP contribution in [0.1, 0.15) is 26.7 Å². The molecule has 1 saturated heterocycles. The van der Waals surface area contributed by atoms with Crippen LogP contribution in [0.15, 0.2) is 29.3 Å². The van der Waals surface area contributed by atoms with Crippen molar-refractivity contribution in [2.45, 2.75) is 26.7 Å². The average molecular weight is 521 g/mol. The summed E-state index contributed by atoms with van der Waals surface area (Å²) in [5, 5.41) is 6.69. The van der Waals surface area contributed by atoms with E-state index in [4.69, 9.17) is 4.74 Å². The zero-order chi connectivity index (χ0) is 20.0. The van der Waals surface area contributed by atoms with E-state index in [2.05, 4.69) is 32.3 Å². The minimum Gasteiger partial charge on any atom is -0.382 e. The van der Waals surface area contributed by atoms with Crippen LogP contribution in [0.25, 0.3) is 0 Å². The molecule has 0 amide bonds. The maximum atomic E-state index is 13.9. The van der Waals surface area contributed by atoms with E-state index < -0.39 is 0 Å². The van der Waals surface area contributed by atoms with E-state index >= 15 is 0 Å². The number of rotatable bonds is 11. The Labute approximate surface area is 192 Å². The van der Waals surface area contributed by atoms with Crippen molar-refractivity contribution in [1.82, 2.24) is 15.5 Å². The van der Waals surface area contributed by atoms with Crippen molar-refractivity contribution < 1.29 is 9.13 Å². The molecule has 1 aromatic carbocycles. The fourth-order valence-electron chi connectivity index (χ4n) is 3.27. The molecule has 1 aliphatic rings. The number of hydrogen-bond acceptors (Lipinski definition) is 4. The van der Waals surface area contributed by atoms with Gasteiger partial charge in [-0.2, -0.15) is 0 Å². The number of para-hydroxylation sites is 1. The zero-order valence-corrected chi connectivity index (χ0v) is 20.2. The lowest BCUT2D eigenvalue weighted by Gasteiger charge is -2.36. The van der Waals surface area contributed by atoms with Crippen LogP contribution in [0.5, 0.6) is 0 Å². The van der Waals surface area contributed by atoms with Gasteiger partial charge in [0, 0.05) is 59.0 Å². The lowest BCUT2D eigenvalue weighted by molar-refractivity contribution is 0.146. The molecular formula is C21H37FIN5O. The molecule has 0 saturated carbocycles. The maximum absolute atomic E-state index is 13.9. The molecule has 1 fully saturated rings. The van der Waals surface area contributed by atoms with Crippen molar-refractivity contribution in [2.75, 3.05) is 70.5 Å². The van der Waals surface area contributed by atoms with E-state index in [1.165, 1.54) is 6.07 Å². The minimum atomic E-state index is -0.128. The van der Waals surface area contributed by atoms with Gasteiger partial charge < -0.3 is 20.3 Å². The predicted octanol–water partition coefficient (Wildman–Crippen LogP) is 2.94. The largest absolute Gasteiger partial charge is 0.382 e. The number of halogens is 2. The topological polar surface area (TPSA) is 52.1 Å². The van der Waals surface area contributed by atoms with E-state index in [1.54, 1.807) is 6.07 Å². The van der Waals surface area contributed by atoms with Gasteiger partial charge in [0.1, 0.15) is 5.82 Å². The second-order valence-electron chi connectivity index (χ2n) is 6.87. The predicted molar refractivity (Wildman–Crippen MR) is 130 cm³/mol.